The van der Waals surface area contributed by atoms with Gasteiger partial charge in [-0.3, -0.25) is 4.90 Å². The summed E-state index contributed by atoms with van der Waals surface area (Å²) < 4.78 is 25.6. The van der Waals surface area contributed by atoms with Crippen LogP contribution in [0.5, 0.6) is 0 Å². The van der Waals surface area contributed by atoms with E-state index in [2.05, 4.69) is 0 Å². The Hall–Kier alpha value is -1.39. The molecule has 0 saturated carbocycles. The first kappa shape index (κ1) is 12.7. The van der Waals surface area contributed by atoms with Crippen molar-refractivity contribution in [2.75, 3.05) is 6.54 Å². The zero-order valence-electron chi connectivity index (χ0n) is 9.12. The van der Waals surface area contributed by atoms with Crippen molar-refractivity contribution in [1.29, 1.82) is 0 Å². The lowest BCUT2D eigenvalue weighted by molar-refractivity contribution is 0.0558. The topological polar surface area (TPSA) is 40.5 Å². The second-order valence-electron chi connectivity index (χ2n) is 3.72. The van der Waals surface area contributed by atoms with Crippen LogP contribution >= 0.6 is 0 Å². The second kappa shape index (κ2) is 5.09. The summed E-state index contributed by atoms with van der Waals surface area (Å²) in [6, 6.07) is 0. The number of carboxylic acid groups (broad SMARTS) is 1. The molecule has 0 atom stereocenters. The number of alkyl halides is 2. The van der Waals surface area contributed by atoms with Crippen LogP contribution in [-0.2, 0) is 0 Å². The van der Waals surface area contributed by atoms with Gasteiger partial charge in [-0.05, 0) is 18.6 Å². The van der Waals surface area contributed by atoms with Crippen molar-refractivity contribution in [1.82, 2.24) is 4.90 Å². The van der Waals surface area contributed by atoms with E-state index in [9.17, 15) is 13.6 Å². The number of unbranched alkanes of at least 4 members (excludes halogenated alkanes) is 1. The van der Waals surface area contributed by atoms with Gasteiger partial charge in [0.2, 0.25) is 0 Å². The first-order valence-electron chi connectivity index (χ1n) is 5.24. The van der Waals surface area contributed by atoms with Gasteiger partial charge in [-0.1, -0.05) is 19.4 Å². The number of hydrogen-bond acceptors (Lipinski definition) is 1. The fourth-order valence-electron chi connectivity index (χ4n) is 1.44. The second-order valence-corrected chi connectivity index (χ2v) is 3.72. The monoisotopic (exact) mass is 231 g/mol. The predicted molar refractivity (Wildman–Crippen MR) is 56.4 cm³/mol. The predicted octanol–water partition coefficient (Wildman–Crippen LogP) is 3.25. The highest BCUT2D eigenvalue weighted by Gasteiger charge is 2.28. The molecule has 0 aromatic rings. The molecule has 1 aliphatic rings. The van der Waals surface area contributed by atoms with E-state index in [1.54, 1.807) is 0 Å². The molecular formula is C11H15F2NO2. The summed E-state index contributed by atoms with van der Waals surface area (Å²) in [4.78, 5) is 12.0. The fourth-order valence-corrected chi connectivity index (χ4v) is 1.44. The van der Waals surface area contributed by atoms with E-state index in [1.165, 1.54) is 12.2 Å². The third-order valence-electron chi connectivity index (χ3n) is 2.36. The fraction of sp³-hybridized carbons (Fsp3) is 0.545. The van der Waals surface area contributed by atoms with E-state index in [4.69, 9.17) is 5.11 Å². The van der Waals surface area contributed by atoms with Crippen LogP contribution in [0, 0.1) is 0 Å². The van der Waals surface area contributed by atoms with E-state index < -0.39 is 18.4 Å². The first-order chi connectivity index (χ1) is 7.46. The molecule has 1 rings (SSSR count). The van der Waals surface area contributed by atoms with Crippen LogP contribution in [0.4, 0.5) is 13.6 Å². The van der Waals surface area contributed by atoms with Crippen molar-refractivity contribution in [3.05, 3.63) is 23.9 Å². The molecule has 0 aliphatic heterocycles. The number of halogens is 2. The van der Waals surface area contributed by atoms with Gasteiger partial charge in [0.1, 0.15) is 0 Å². The Labute approximate surface area is 93.1 Å². The van der Waals surface area contributed by atoms with Crippen LogP contribution in [-0.4, -0.2) is 28.6 Å². The van der Waals surface area contributed by atoms with Crippen LogP contribution in [0.2, 0.25) is 0 Å². The molecule has 0 unspecified atom stereocenters. The minimum absolute atomic E-state index is 0.340. The lowest BCUT2D eigenvalue weighted by Crippen LogP contribution is -2.31. The summed E-state index contributed by atoms with van der Waals surface area (Å²) in [6.07, 6.45) is 3.23. The minimum atomic E-state index is -2.85. The Morgan fingerprint density at radius 1 is 1.62 bits per heavy atom. The van der Waals surface area contributed by atoms with E-state index in [1.807, 2.05) is 6.92 Å². The first-order valence-corrected chi connectivity index (χ1v) is 5.24. The van der Waals surface area contributed by atoms with Gasteiger partial charge in [-0.25, -0.2) is 13.6 Å². The molecule has 0 bridgehead atoms. The molecule has 1 N–H and O–H groups in total. The van der Waals surface area contributed by atoms with Crippen molar-refractivity contribution in [3.63, 3.8) is 0 Å². The smallest absolute Gasteiger partial charge is 0.411 e. The summed E-state index contributed by atoms with van der Waals surface area (Å²) >= 11 is 0. The Bertz CT molecular complexity index is 324. The molecular weight excluding hydrogens is 216 g/mol. The van der Waals surface area contributed by atoms with Crippen molar-refractivity contribution in [2.24, 2.45) is 0 Å². The van der Waals surface area contributed by atoms with Gasteiger partial charge in [0.25, 0.3) is 5.92 Å². The van der Waals surface area contributed by atoms with Crippen LogP contribution < -0.4 is 0 Å². The third kappa shape index (κ3) is 3.32. The molecule has 0 fully saturated rings. The molecule has 0 saturated heterocycles. The van der Waals surface area contributed by atoms with Crippen molar-refractivity contribution in [2.45, 2.75) is 32.1 Å². The van der Waals surface area contributed by atoms with E-state index in [0.29, 0.717) is 18.7 Å². The van der Waals surface area contributed by atoms with Gasteiger partial charge in [-0.2, -0.15) is 0 Å². The molecule has 16 heavy (non-hydrogen) atoms. The largest absolute Gasteiger partial charge is 0.465 e. The zero-order chi connectivity index (χ0) is 12.2. The molecule has 0 radical (unpaired) electrons. The Balaban J connectivity index is 2.71. The maximum Gasteiger partial charge on any atom is 0.411 e. The number of allylic oxidation sites excluding steroid dienone is 3. The van der Waals surface area contributed by atoms with Crippen LogP contribution in [0.3, 0.4) is 0 Å². The number of nitrogens with zero attached hydrogens (tertiary/aromatic N) is 1. The SMILES string of the molecule is CCCCN(C(=O)O)C1=CCC(F)(F)C=C1. The van der Waals surface area contributed by atoms with Gasteiger partial charge < -0.3 is 5.11 Å². The molecule has 0 spiro atoms. The molecule has 5 heteroatoms. The normalized spacial score (nSPS) is 18.1. The Morgan fingerprint density at radius 2 is 2.31 bits per heavy atom. The molecule has 3 nitrogen and oxygen atoms in total. The van der Waals surface area contributed by atoms with Gasteiger partial charge in [-0.15, -0.1) is 0 Å². The van der Waals surface area contributed by atoms with Crippen LogP contribution in [0.1, 0.15) is 26.2 Å². The van der Waals surface area contributed by atoms with Crippen LogP contribution in [0.15, 0.2) is 23.9 Å². The van der Waals surface area contributed by atoms with Crippen LogP contribution in [0.25, 0.3) is 0 Å². The highest BCUT2D eigenvalue weighted by molar-refractivity contribution is 5.68. The standard InChI is InChI=1S/C11H15F2NO2/c1-2-3-8-14(10(15)16)9-4-6-11(12,13)7-5-9/h4-6H,2-3,7-8H2,1H3,(H,15,16). The highest BCUT2D eigenvalue weighted by Crippen LogP contribution is 2.27. The summed E-state index contributed by atoms with van der Waals surface area (Å²) in [6.45, 7) is 2.28. The van der Waals surface area contributed by atoms with Gasteiger partial charge >= 0.3 is 6.09 Å². The molecule has 0 aromatic heterocycles. The number of amides is 1. The van der Waals surface area contributed by atoms with E-state index in [-0.39, 0.29) is 0 Å². The van der Waals surface area contributed by atoms with Crippen molar-refractivity contribution < 1.29 is 18.7 Å². The lowest BCUT2D eigenvalue weighted by atomic mass is 10.1. The zero-order valence-corrected chi connectivity index (χ0v) is 9.12. The lowest BCUT2D eigenvalue weighted by Gasteiger charge is -2.23. The Morgan fingerprint density at radius 3 is 2.75 bits per heavy atom. The number of carbonyl (C=O) groups is 1. The summed E-state index contributed by atoms with van der Waals surface area (Å²) in [5.74, 6) is -2.85. The third-order valence-corrected chi connectivity index (χ3v) is 2.36. The number of rotatable bonds is 4. The molecule has 1 aliphatic carbocycles. The average molecular weight is 231 g/mol. The maximum absolute atomic E-state index is 12.8. The molecule has 0 heterocycles. The van der Waals surface area contributed by atoms with E-state index >= 15 is 0 Å². The number of hydrogen-bond donors (Lipinski definition) is 1. The van der Waals surface area contributed by atoms with Gasteiger partial charge in [0.15, 0.2) is 0 Å². The van der Waals surface area contributed by atoms with Gasteiger partial charge in [0.05, 0.1) is 0 Å². The quantitative estimate of drug-likeness (QED) is 0.806. The van der Waals surface area contributed by atoms with Crippen molar-refractivity contribution in [3.8, 4) is 0 Å². The Kier molecular flexibility index (Phi) is 4.04. The summed E-state index contributed by atoms with van der Waals surface area (Å²) in [7, 11) is 0. The average Bonchev–Trinajstić information content (AvgIpc) is 2.20. The van der Waals surface area contributed by atoms with Gasteiger partial charge in [0, 0.05) is 18.7 Å². The molecule has 0 aromatic carbocycles. The van der Waals surface area contributed by atoms with E-state index in [0.717, 1.165) is 17.4 Å². The minimum Gasteiger partial charge on any atom is -0.465 e. The molecule has 90 valence electrons. The summed E-state index contributed by atoms with van der Waals surface area (Å²) in [5.41, 5.74) is 0.340. The van der Waals surface area contributed by atoms with Crippen molar-refractivity contribution >= 4 is 6.09 Å². The molecule has 1 amide bonds. The maximum atomic E-state index is 12.8. The highest BCUT2D eigenvalue weighted by atomic mass is 19.3. The summed E-state index contributed by atoms with van der Waals surface area (Å²) in [5, 5.41) is 8.95.